The summed E-state index contributed by atoms with van der Waals surface area (Å²) in [6.45, 7) is 2.98. The number of nitrogens with zero attached hydrogens (tertiary/aromatic N) is 2. The van der Waals surface area contributed by atoms with E-state index in [1.807, 2.05) is 6.07 Å². The molecule has 1 unspecified atom stereocenters. The maximum absolute atomic E-state index is 12.4. The molecule has 0 aliphatic carbocycles. The third-order valence-corrected chi connectivity index (χ3v) is 4.54. The Labute approximate surface area is 179 Å². The molecule has 2 aromatic carbocycles. The van der Waals surface area contributed by atoms with Crippen molar-refractivity contribution in [3.05, 3.63) is 60.2 Å². The second kappa shape index (κ2) is 9.66. The third kappa shape index (κ3) is 5.53. The molecule has 3 amide bonds. The molecule has 0 fully saturated rings. The van der Waals surface area contributed by atoms with Gasteiger partial charge in [-0.3, -0.25) is 30.0 Å². The van der Waals surface area contributed by atoms with Gasteiger partial charge in [0.15, 0.2) is 11.9 Å². The van der Waals surface area contributed by atoms with Gasteiger partial charge in [-0.2, -0.15) is 5.10 Å². The van der Waals surface area contributed by atoms with E-state index >= 15 is 0 Å². The lowest BCUT2D eigenvalue weighted by atomic mass is 10.1. The van der Waals surface area contributed by atoms with Gasteiger partial charge < -0.3 is 4.74 Å². The largest absolute Gasteiger partial charge is 0.481 e. The number of hydrazine groups is 1. The standard InChI is InChI=1S/C22H22N4O5/c1-14(27)16-8-10-18(11-9-16)31-15(2)21(29)23-24-22(30)19-12-13-20(28)26(25-19)17-6-4-3-5-7-17/h3-11,15H,12-13H2,1-2H3,(H,23,29)(H,24,30). The second-order valence-corrected chi connectivity index (χ2v) is 6.87. The summed E-state index contributed by atoms with van der Waals surface area (Å²) in [7, 11) is 0. The molecule has 0 aromatic heterocycles. The van der Waals surface area contributed by atoms with Gasteiger partial charge in [0, 0.05) is 18.4 Å². The summed E-state index contributed by atoms with van der Waals surface area (Å²) in [5.74, 6) is -1.06. The van der Waals surface area contributed by atoms with Crippen LogP contribution in [0.5, 0.6) is 5.75 Å². The average Bonchev–Trinajstić information content (AvgIpc) is 2.78. The van der Waals surface area contributed by atoms with Crippen LogP contribution in [0, 0.1) is 0 Å². The first-order valence-corrected chi connectivity index (χ1v) is 9.68. The van der Waals surface area contributed by atoms with Crippen molar-refractivity contribution in [2.24, 2.45) is 5.10 Å². The number of hydrogen-bond acceptors (Lipinski definition) is 6. The van der Waals surface area contributed by atoms with Crippen LogP contribution < -0.4 is 20.6 Å². The Morgan fingerprint density at radius 2 is 1.68 bits per heavy atom. The molecule has 3 rings (SSSR count). The van der Waals surface area contributed by atoms with Gasteiger partial charge in [-0.25, -0.2) is 5.01 Å². The zero-order valence-corrected chi connectivity index (χ0v) is 17.1. The lowest BCUT2D eigenvalue weighted by Crippen LogP contribution is -2.50. The number of nitrogens with one attached hydrogen (secondary N) is 2. The molecule has 2 N–H and O–H groups in total. The fourth-order valence-electron chi connectivity index (χ4n) is 2.81. The van der Waals surface area contributed by atoms with Crippen molar-refractivity contribution in [2.75, 3.05) is 5.01 Å². The minimum absolute atomic E-state index is 0.0711. The van der Waals surface area contributed by atoms with E-state index < -0.39 is 17.9 Å². The lowest BCUT2D eigenvalue weighted by molar-refractivity contribution is -0.131. The molecule has 9 nitrogen and oxygen atoms in total. The van der Waals surface area contributed by atoms with Crippen LogP contribution >= 0.6 is 0 Å². The van der Waals surface area contributed by atoms with Crippen molar-refractivity contribution < 1.29 is 23.9 Å². The van der Waals surface area contributed by atoms with Gasteiger partial charge >= 0.3 is 0 Å². The minimum Gasteiger partial charge on any atom is -0.481 e. The van der Waals surface area contributed by atoms with E-state index in [4.69, 9.17) is 4.74 Å². The van der Waals surface area contributed by atoms with Gasteiger partial charge in [0.1, 0.15) is 11.5 Å². The molecule has 1 aliphatic heterocycles. The smallest absolute Gasteiger partial charge is 0.285 e. The van der Waals surface area contributed by atoms with Crippen molar-refractivity contribution in [3.8, 4) is 5.75 Å². The van der Waals surface area contributed by atoms with Crippen molar-refractivity contribution in [3.63, 3.8) is 0 Å². The summed E-state index contributed by atoms with van der Waals surface area (Å²) >= 11 is 0. The topological polar surface area (TPSA) is 117 Å². The summed E-state index contributed by atoms with van der Waals surface area (Å²) in [6.07, 6.45) is -0.609. The highest BCUT2D eigenvalue weighted by Gasteiger charge is 2.26. The van der Waals surface area contributed by atoms with Crippen LogP contribution in [0.25, 0.3) is 0 Å². The highest BCUT2D eigenvalue weighted by atomic mass is 16.5. The Balaban J connectivity index is 1.56. The number of carbonyl (C=O) groups excluding carboxylic acids is 4. The number of hydrogen-bond donors (Lipinski definition) is 2. The van der Waals surface area contributed by atoms with E-state index in [9.17, 15) is 19.2 Å². The molecule has 0 spiro atoms. The second-order valence-electron chi connectivity index (χ2n) is 6.87. The van der Waals surface area contributed by atoms with Crippen LogP contribution in [-0.2, 0) is 14.4 Å². The lowest BCUT2D eigenvalue weighted by Gasteiger charge is -2.23. The summed E-state index contributed by atoms with van der Waals surface area (Å²) in [6, 6.07) is 15.2. The molecule has 31 heavy (non-hydrogen) atoms. The maximum atomic E-state index is 12.4. The van der Waals surface area contributed by atoms with E-state index in [1.165, 1.54) is 18.9 Å². The monoisotopic (exact) mass is 422 g/mol. The average molecular weight is 422 g/mol. The molecule has 2 aromatic rings. The number of carbonyl (C=O) groups is 4. The van der Waals surface area contributed by atoms with Crippen molar-refractivity contribution in [1.82, 2.24) is 10.9 Å². The molecule has 0 saturated carbocycles. The Morgan fingerprint density at radius 3 is 2.32 bits per heavy atom. The van der Waals surface area contributed by atoms with E-state index in [0.29, 0.717) is 17.0 Å². The number of rotatable bonds is 6. The predicted molar refractivity (Wildman–Crippen MR) is 113 cm³/mol. The zero-order chi connectivity index (χ0) is 22.4. The SMILES string of the molecule is CC(=O)c1ccc(OC(C)C(=O)NNC(=O)C2=NN(c3ccccc3)C(=O)CC2)cc1. The van der Waals surface area contributed by atoms with E-state index in [-0.39, 0.29) is 30.2 Å². The van der Waals surface area contributed by atoms with E-state index in [1.54, 1.807) is 48.5 Å². The Hall–Kier alpha value is -4.01. The predicted octanol–water partition coefficient (Wildman–Crippen LogP) is 1.99. The number of Topliss-reactive ketones (excluding diaryl/α,β-unsaturated/α-hetero) is 1. The molecule has 9 heteroatoms. The first kappa shape index (κ1) is 21.7. The van der Waals surface area contributed by atoms with Crippen LogP contribution in [-0.4, -0.2) is 35.3 Å². The Kier molecular flexibility index (Phi) is 6.76. The number of amides is 3. The number of ketones is 1. The molecular weight excluding hydrogens is 400 g/mol. The molecule has 1 aliphatic rings. The number of benzene rings is 2. The molecule has 0 radical (unpaired) electrons. The fourth-order valence-corrected chi connectivity index (χ4v) is 2.81. The van der Waals surface area contributed by atoms with Gasteiger partial charge in [0.2, 0.25) is 5.91 Å². The van der Waals surface area contributed by atoms with Crippen LogP contribution in [0.1, 0.15) is 37.0 Å². The summed E-state index contributed by atoms with van der Waals surface area (Å²) in [5, 5.41) is 5.30. The molecule has 1 atom stereocenters. The van der Waals surface area contributed by atoms with Crippen LogP contribution in [0.4, 0.5) is 5.69 Å². The molecular formula is C22H22N4O5. The van der Waals surface area contributed by atoms with Crippen LogP contribution in [0.2, 0.25) is 0 Å². The van der Waals surface area contributed by atoms with E-state index in [0.717, 1.165) is 0 Å². The van der Waals surface area contributed by atoms with Crippen molar-refractivity contribution >= 4 is 34.9 Å². The molecule has 1 heterocycles. The number of ether oxygens (including phenoxy) is 1. The summed E-state index contributed by atoms with van der Waals surface area (Å²) in [5.41, 5.74) is 5.80. The first-order valence-electron chi connectivity index (χ1n) is 9.68. The van der Waals surface area contributed by atoms with Crippen molar-refractivity contribution in [2.45, 2.75) is 32.8 Å². The van der Waals surface area contributed by atoms with Crippen LogP contribution in [0.3, 0.4) is 0 Å². The Morgan fingerprint density at radius 1 is 1.00 bits per heavy atom. The summed E-state index contributed by atoms with van der Waals surface area (Å²) < 4.78 is 5.52. The minimum atomic E-state index is -0.904. The summed E-state index contributed by atoms with van der Waals surface area (Å²) in [4.78, 5) is 48.1. The normalized spacial score (nSPS) is 14.3. The highest BCUT2D eigenvalue weighted by molar-refractivity contribution is 6.40. The van der Waals surface area contributed by atoms with E-state index in [2.05, 4.69) is 16.0 Å². The fraction of sp³-hybridized carbons (Fsp3) is 0.227. The molecule has 160 valence electrons. The number of hydrazone groups is 1. The zero-order valence-electron chi connectivity index (χ0n) is 17.1. The number of anilines is 1. The Bertz CT molecular complexity index is 1020. The van der Waals surface area contributed by atoms with Crippen LogP contribution in [0.15, 0.2) is 59.7 Å². The maximum Gasteiger partial charge on any atom is 0.285 e. The quantitative estimate of drug-likeness (QED) is 0.545. The van der Waals surface area contributed by atoms with Gasteiger partial charge in [-0.15, -0.1) is 0 Å². The van der Waals surface area contributed by atoms with Crippen molar-refractivity contribution in [1.29, 1.82) is 0 Å². The number of para-hydroxylation sites is 1. The molecule has 0 bridgehead atoms. The highest BCUT2D eigenvalue weighted by Crippen LogP contribution is 2.19. The van der Waals surface area contributed by atoms with Gasteiger partial charge in [0.05, 0.1) is 5.69 Å². The molecule has 0 saturated heterocycles. The first-order chi connectivity index (χ1) is 14.8. The third-order valence-electron chi connectivity index (χ3n) is 4.54. The van der Waals surface area contributed by atoms with Gasteiger partial charge in [-0.05, 0) is 50.2 Å². The van der Waals surface area contributed by atoms with Gasteiger partial charge in [-0.1, -0.05) is 18.2 Å². The van der Waals surface area contributed by atoms with Gasteiger partial charge in [0.25, 0.3) is 11.8 Å².